The summed E-state index contributed by atoms with van der Waals surface area (Å²) in [4.78, 5) is 13.9. The Morgan fingerprint density at radius 2 is 2.60 bits per heavy atom. The molecule has 0 aliphatic heterocycles. The van der Waals surface area contributed by atoms with E-state index in [4.69, 9.17) is 5.73 Å². The first-order valence-electron chi connectivity index (χ1n) is 2.62. The fourth-order valence-corrected chi connectivity index (χ4v) is 0.456. The van der Waals surface area contributed by atoms with E-state index in [9.17, 15) is 4.79 Å². The molecule has 1 aromatic rings. The SMILES string of the molecule is NC(=O)C=Cc1nc[nH]n1. The van der Waals surface area contributed by atoms with E-state index in [0.717, 1.165) is 0 Å². The van der Waals surface area contributed by atoms with Gasteiger partial charge >= 0.3 is 0 Å². The van der Waals surface area contributed by atoms with Crippen LogP contribution in [0.3, 0.4) is 0 Å². The quantitative estimate of drug-likeness (QED) is 0.530. The number of carbonyl (C=O) groups excluding carboxylic acids is 1. The van der Waals surface area contributed by atoms with Crippen molar-refractivity contribution in [3.8, 4) is 0 Å². The second kappa shape index (κ2) is 2.77. The molecule has 0 aliphatic carbocycles. The summed E-state index contributed by atoms with van der Waals surface area (Å²) in [7, 11) is 0. The van der Waals surface area contributed by atoms with Gasteiger partial charge in [-0.2, -0.15) is 5.10 Å². The summed E-state index contributed by atoms with van der Waals surface area (Å²) < 4.78 is 0. The Labute approximate surface area is 57.0 Å². The maximum atomic E-state index is 10.2. The van der Waals surface area contributed by atoms with Gasteiger partial charge in [-0.15, -0.1) is 0 Å². The summed E-state index contributed by atoms with van der Waals surface area (Å²) in [5, 5.41) is 6.15. The van der Waals surface area contributed by atoms with Gasteiger partial charge in [0.05, 0.1) is 0 Å². The molecule has 0 spiro atoms. The number of aromatic nitrogens is 3. The van der Waals surface area contributed by atoms with Gasteiger partial charge in [-0.3, -0.25) is 9.89 Å². The molecule has 0 aliphatic rings. The summed E-state index contributed by atoms with van der Waals surface area (Å²) in [5.41, 5.74) is 4.82. The maximum Gasteiger partial charge on any atom is 0.241 e. The van der Waals surface area contributed by atoms with Crippen molar-refractivity contribution in [2.45, 2.75) is 0 Å². The molecule has 0 aromatic carbocycles. The first kappa shape index (κ1) is 6.47. The predicted molar refractivity (Wildman–Crippen MR) is 34.6 cm³/mol. The smallest absolute Gasteiger partial charge is 0.241 e. The lowest BCUT2D eigenvalue weighted by Crippen LogP contribution is -2.05. The van der Waals surface area contributed by atoms with Crippen molar-refractivity contribution in [1.29, 1.82) is 0 Å². The Morgan fingerprint density at radius 1 is 1.80 bits per heavy atom. The van der Waals surface area contributed by atoms with Gasteiger partial charge in [0.1, 0.15) is 6.33 Å². The zero-order chi connectivity index (χ0) is 7.40. The third-order valence-electron chi connectivity index (χ3n) is 0.830. The van der Waals surface area contributed by atoms with Crippen LogP contribution >= 0.6 is 0 Å². The number of H-pyrrole nitrogens is 1. The molecule has 5 nitrogen and oxygen atoms in total. The van der Waals surface area contributed by atoms with E-state index in [-0.39, 0.29) is 0 Å². The zero-order valence-electron chi connectivity index (χ0n) is 5.11. The van der Waals surface area contributed by atoms with Crippen molar-refractivity contribution in [2.75, 3.05) is 0 Å². The molecular weight excluding hydrogens is 132 g/mol. The lowest BCUT2D eigenvalue weighted by Gasteiger charge is -1.77. The highest BCUT2D eigenvalue weighted by Crippen LogP contribution is 1.87. The van der Waals surface area contributed by atoms with Crippen LogP contribution in [0.2, 0.25) is 0 Å². The summed E-state index contributed by atoms with van der Waals surface area (Å²) in [6.07, 6.45) is 4.04. The Hall–Kier alpha value is -1.65. The molecule has 1 heterocycles. The summed E-state index contributed by atoms with van der Waals surface area (Å²) in [6, 6.07) is 0. The van der Waals surface area contributed by atoms with Crippen molar-refractivity contribution >= 4 is 12.0 Å². The van der Waals surface area contributed by atoms with Crippen LogP contribution in [0.25, 0.3) is 6.08 Å². The molecular formula is C5H6N4O. The Bertz CT molecular complexity index is 238. The number of carbonyl (C=O) groups is 1. The van der Waals surface area contributed by atoms with Gasteiger partial charge in [0.25, 0.3) is 0 Å². The molecule has 0 saturated heterocycles. The van der Waals surface area contributed by atoms with Gasteiger partial charge in [-0.05, 0) is 6.08 Å². The van der Waals surface area contributed by atoms with Gasteiger partial charge in [-0.25, -0.2) is 4.98 Å². The molecule has 0 atom stereocenters. The molecule has 5 heteroatoms. The van der Waals surface area contributed by atoms with Crippen LogP contribution in [0.5, 0.6) is 0 Å². The number of primary amides is 1. The standard InChI is InChI=1S/C5H6N4O/c6-4(10)1-2-5-7-3-8-9-5/h1-3H,(H2,6,10)(H,7,8,9). The topological polar surface area (TPSA) is 84.7 Å². The van der Waals surface area contributed by atoms with Crippen LogP contribution in [-0.2, 0) is 4.79 Å². The molecule has 0 radical (unpaired) electrons. The maximum absolute atomic E-state index is 10.2. The molecule has 10 heavy (non-hydrogen) atoms. The lowest BCUT2D eigenvalue weighted by atomic mass is 10.5. The first-order chi connectivity index (χ1) is 4.79. The minimum Gasteiger partial charge on any atom is -0.366 e. The van der Waals surface area contributed by atoms with Crippen molar-refractivity contribution < 1.29 is 4.79 Å². The van der Waals surface area contributed by atoms with Crippen LogP contribution in [0.15, 0.2) is 12.4 Å². The number of nitrogens with one attached hydrogen (secondary N) is 1. The normalized spacial score (nSPS) is 10.4. The predicted octanol–water partition coefficient (Wildman–Crippen LogP) is -0.697. The van der Waals surface area contributed by atoms with Gasteiger partial charge < -0.3 is 5.73 Å². The van der Waals surface area contributed by atoms with E-state index < -0.39 is 5.91 Å². The highest BCUT2D eigenvalue weighted by molar-refractivity contribution is 5.89. The molecule has 3 N–H and O–H groups in total. The van der Waals surface area contributed by atoms with Crippen LogP contribution in [0.1, 0.15) is 5.82 Å². The Morgan fingerprint density at radius 3 is 3.10 bits per heavy atom. The summed E-state index contributed by atoms with van der Waals surface area (Å²) >= 11 is 0. The van der Waals surface area contributed by atoms with E-state index in [2.05, 4.69) is 15.2 Å². The van der Waals surface area contributed by atoms with Crippen molar-refractivity contribution in [3.05, 3.63) is 18.2 Å². The fraction of sp³-hybridized carbons (Fsp3) is 0. The molecule has 0 unspecified atom stereocenters. The number of aromatic amines is 1. The number of nitrogens with zero attached hydrogens (tertiary/aromatic N) is 2. The Balaban J connectivity index is 2.64. The average Bonchev–Trinajstić information content (AvgIpc) is 2.34. The highest BCUT2D eigenvalue weighted by atomic mass is 16.1. The fourth-order valence-electron chi connectivity index (χ4n) is 0.456. The first-order valence-corrected chi connectivity index (χ1v) is 2.62. The molecule has 1 aromatic heterocycles. The van der Waals surface area contributed by atoms with Crippen molar-refractivity contribution in [1.82, 2.24) is 15.2 Å². The van der Waals surface area contributed by atoms with E-state index >= 15 is 0 Å². The van der Waals surface area contributed by atoms with Crippen molar-refractivity contribution in [2.24, 2.45) is 5.73 Å². The number of nitrogens with two attached hydrogens (primary N) is 1. The van der Waals surface area contributed by atoms with Crippen molar-refractivity contribution in [3.63, 3.8) is 0 Å². The molecule has 1 amide bonds. The van der Waals surface area contributed by atoms with Gasteiger partial charge in [0, 0.05) is 6.08 Å². The molecule has 1 rings (SSSR count). The van der Waals surface area contributed by atoms with Crippen LogP contribution < -0.4 is 5.73 Å². The number of hydrogen-bond donors (Lipinski definition) is 2. The average molecular weight is 138 g/mol. The van der Waals surface area contributed by atoms with Crippen LogP contribution in [0.4, 0.5) is 0 Å². The third kappa shape index (κ3) is 1.70. The van der Waals surface area contributed by atoms with E-state index in [0.29, 0.717) is 5.82 Å². The van der Waals surface area contributed by atoms with E-state index in [1.54, 1.807) is 0 Å². The summed E-state index contributed by atoms with van der Waals surface area (Å²) in [5.74, 6) is -0.0661. The number of rotatable bonds is 2. The highest BCUT2D eigenvalue weighted by Gasteiger charge is 1.88. The van der Waals surface area contributed by atoms with E-state index in [1.165, 1.54) is 18.5 Å². The van der Waals surface area contributed by atoms with Crippen LogP contribution in [0, 0.1) is 0 Å². The van der Waals surface area contributed by atoms with E-state index in [1.807, 2.05) is 0 Å². The molecule has 0 bridgehead atoms. The molecule has 52 valence electrons. The minimum atomic E-state index is -0.509. The molecule has 0 saturated carbocycles. The molecule has 0 fully saturated rings. The zero-order valence-corrected chi connectivity index (χ0v) is 5.11. The minimum absolute atomic E-state index is 0.443. The van der Waals surface area contributed by atoms with Gasteiger partial charge in [-0.1, -0.05) is 0 Å². The van der Waals surface area contributed by atoms with Gasteiger partial charge in [0.2, 0.25) is 5.91 Å². The summed E-state index contributed by atoms with van der Waals surface area (Å²) in [6.45, 7) is 0. The number of hydrogen-bond acceptors (Lipinski definition) is 3. The van der Waals surface area contributed by atoms with Crippen LogP contribution in [-0.4, -0.2) is 21.1 Å². The largest absolute Gasteiger partial charge is 0.366 e. The number of amides is 1. The Kier molecular flexibility index (Phi) is 1.79. The third-order valence-corrected chi connectivity index (χ3v) is 0.830. The van der Waals surface area contributed by atoms with Gasteiger partial charge in [0.15, 0.2) is 5.82 Å². The lowest BCUT2D eigenvalue weighted by molar-refractivity contribution is -0.113. The second-order valence-corrected chi connectivity index (χ2v) is 1.59. The second-order valence-electron chi connectivity index (χ2n) is 1.59. The monoisotopic (exact) mass is 138 g/mol.